The van der Waals surface area contributed by atoms with Crippen LogP contribution in [0.15, 0.2) is 30.3 Å². The van der Waals surface area contributed by atoms with Crippen LogP contribution in [0.2, 0.25) is 0 Å². The van der Waals surface area contributed by atoms with E-state index in [0.717, 1.165) is 5.56 Å². The van der Waals surface area contributed by atoms with Crippen molar-refractivity contribution >= 4 is 11.9 Å². The third kappa shape index (κ3) is 5.52. The molecule has 1 aromatic carbocycles. The van der Waals surface area contributed by atoms with Gasteiger partial charge in [0.15, 0.2) is 6.04 Å². The average Bonchev–Trinajstić information content (AvgIpc) is 2.34. The van der Waals surface area contributed by atoms with Crippen LogP contribution in [0.3, 0.4) is 0 Å². The molecule has 5 heteroatoms. The van der Waals surface area contributed by atoms with E-state index in [9.17, 15) is 9.59 Å². The molecule has 1 unspecified atom stereocenters. The minimum absolute atomic E-state index is 0.330. The lowest BCUT2D eigenvalue weighted by Gasteiger charge is -2.21. The van der Waals surface area contributed by atoms with Gasteiger partial charge in [0.05, 0.1) is 0 Å². The molecule has 0 heterocycles. The summed E-state index contributed by atoms with van der Waals surface area (Å²) < 4.78 is 5.05. The molecule has 0 aliphatic heterocycles. The first kappa shape index (κ1) is 15.2. The molecule has 0 spiro atoms. The lowest BCUT2D eigenvalue weighted by atomic mass is 10.2. The highest BCUT2D eigenvalue weighted by atomic mass is 16.6. The summed E-state index contributed by atoms with van der Waals surface area (Å²) in [5.41, 5.74) is 5.82. The largest absolute Gasteiger partial charge is 0.458 e. The molecule has 104 valence electrons. The van der Waals surface area contributed by atoms with Gasteiger partial charge in [0.2, 0.25) is 5.91 Å². The van der Waals surface area contributed by atoms with Gasteiger partial charge in [-0.15, -0.1) is 0 Å². The number of amides is 1. The summed E-state index contributed by atoms with van der Waals surface area (Å²) in [4.78, 5) is 23.3. The zero-order valence-corrected chi connectivity index (χ0v) is 11.5. The molecule has 19 heavy (non-hydrogen) atoms. The molecule has 0 aromatic heterocycles. The summed E-state index contributed by atoms with van der Waals surface area (Å²) in [5.74, 6) is -1.27. The molecule has 0 saturated carbocycles. The number of nitrogens with one attached hydrogen (secondary N) is 1. The maximum absolute atomic E-state index is 11.7. The van der Waals surface area contributed by atoms with Gasteiger partial charge in [0.1, 0.15) is 5.60 Å². The molecule has 0 aliphatic carbocycles. The van der Waals surface area contributed by atoms with Crippen LogP contribution in [-0.2, 0) is 20.9 Å². The topological polar surface area (TPSA) is 81.4 Å². The fourth-order valence-corrected chi connectivity index (χ4v) is 1.37. The normalized spacial score (nSPS) is 12.6. The van der Waals surface area contributed by atoms with Crippen LogP contribution in [0.5, 0.6) is 0 Å². The Morgan fingerprint density at radius 1 is 1.26 bits per heavy atom. The number of nitrogens with two attached hydrogens (primary N) is 1. The number of carbonyl (C=O) groups is 2. The quantitative estimate of drug-likeness (QED) is 0.627. The zero-order valence-electron chi connectivity index (χ0n) is 11.5. The van der Waals surface area contributed by atoms with E-state index in [1.165, 1.54) is 0 Å². The van der Waals surface area contributed by atoms with E-state index in [1.807, 2.05) is 30.3 Å². The Balaban J connectivity index is 2.47. The van der Waals surface area contributed by atoms with Crippen molar-refractivity contribution in [3.63, 3.8) is 0 Å². The molecule has 1 rings (SSSR count). The summed E-state index contributed by atoms with van der Waals surface area (Å²) >= 11 is 0. The third-order valence-corrected chi connectivity index (χ3v) is 2.25. The molecular formula is C14H20N2O3. The van der Waals surface area contributed by atoms with Gasteiger partial charge in [0.25, 0.3) is 0 Å². The fourth-order valence-electron chi connectivity index (χ4n) is 1.37. The van der Waals surface area contributed by atoms with Crippen LogP contribution in [0.4, 0.5) is 0 Å². The fraction of sp³-hybridized carbons (Fsp3) is 0.429. The molecule has 0 saturated heterocycles. The summed E-state index contributed by atoms with van der Waals surface area (Å²) in [6, 6.07) is 8.07. The molecule has 1 aromatic rings. The van der Waals surface area contributed by atoms with E-state index in [1.54, 1.807) is 20.8 Å². The van der Waals surface area contributed by atoms with Crippen LogP contribution in [0, 0.1) is 0 Å². The van der Waals surface area contributed by atoms with Crippen LogP contribution in [-0.4, -0.2) is 23.5 Å². The molecule has 0 fully saturated rings. The second-order valence-corrected chi connectivity index (χ2v) is 5.21. The second-order valence-electron chi connectivity index (χ2n) is 5.21. The Morgan fingerprint density at radius 3 is 2.37 bits per heavy atom. The maximum Gasteiger partial charge on any atom is 0.333 e. The molecule has 0 bridgehead atoms. The third-order valence-electron chi connectivity index (χ3n) is 2.25. The predicted molar refractivity (Wildman–Crippen MR) is 72.1 cm³/mol. The Kier molecular flexibility index (Phi) is 5.06. The number of hydrogen-bond acceptors (Lipinski definition) is 4. The number of rotatable bonds is 4. The van der Waals surface area contributed by atoms with Gasteiger partial charge < -0.3 is 15.8 Å². The van der Waals surface area contributed by atoms with Gasteiger partial charge in [-0.3, -0.25) is 4.79 Å². The molecule has 0 aliphatic rings. The SMILES string of the molecule is CC(C)(C)OC(=O)C(N)C(=O)NCc1ccccc1. The van der Waals surface area contributed by atoms with Crippen molar-refractivity contribution in [1.29, 1.82) is 0 Å². The van der Waals surface area contributed by atoms with Gasteiger partial charge in [-0.2, -0.15) is 0 Å². The van der Waals surface area contributed by atoms with Crippen LogP contribution < -0.4 is 11.1 Å². The van der Waals surface area contributed by atoms with Crippen LogP contribution in [0.1, 0.15) is 26.3 Å². The summed E-state index contributed by atoms with van der Waals surface area (Å²) in [7, 11) is 0. The van der Waals surface area contributed by atoms with Crippen molar-refractivity contribution in [2.75, 3.05) is 0 Å². The highest BCUT2D eigenvalue weighted by Crippen LogP contribution is 2.08. The van der Waals surface area contributed by atoms with Crippen molar-refractivity contribution in [3.8, 4) is 0 Å². The smallest absolute Gasteiger partial charge is 0.333 e. The van der Waals surface area contributed by atoms with E-state index >= 15 is 0 Å². The maximum atomic E-state index is 11.7. The number of ether oxygens (including phenoxy) is 1. The van der Waals surface area contributed by atoms with E-state index < -0.39 is 23.5 Å². The molecule has 5 nitrogen and oxygen atoms in total. The van der Waals surface area contributed by atoms with Crippen molar-refractivity contribution < 1.29 is 14.3 Å². The minimum atomic E-state index is -1.30. The van der Waals surface area contributed by atoms with E-state index in [-0.39, 0.29) is 0 Å². The number of benzene rings is 1. The van der Waals surface area contributed by atoms with Crippen molar-refractivity contribution in [2.45, 2.75) is 39.0 Å². The molecular weight excluding hydrogens is 244 g/mol. The zero-order chi connectivity index (χ0) is 14.5. The van der Waals surface area contributed by atoms with Crippen molar-refractivity contribution in [1.82, 2.24) is 5.32 Å². The van der Waals surface area contributed by atoms with Crippen LogP contribution in [0.25, 0.3) is 0 Å². The second kappa shape index (κ2) is 6.33. The van der Waals surface area contributed by atoms with E-state index in [0.29, 0.717) is 6.54 Å². The Bertz CT molecular complexity index is 438. The van der Waals surface area contributed by atoms with Crippen molar-refractivity contribution in [2.24, 2.45) is 5.73 Å². The summed E-state index contributed by atoms with van der Waals surface area (Å²) in [6.45, 7) is 5.49. The van der Waals surface area contributed by atoms with Crippen LogP contribution >= 0.6 is 0 Å². The molecule has 1 atom stereocenters. The molecule has 0 radical (unpaired) electrons. The average molecular weight is 264 g/mol. The predicted octanol–water partition coefficient (Wildman–Crippen LogP) is 0.972. The Labute approximate surface area is 113 Å². The minimum Gasteiger partial charge on any atom is -0.458 e. The van der Waals surface area contributed by atoms with Gasteiger partial charge in [-0.1, -0.05) is 30.3 Å². The first-order valence-electron chi connectivity index (χ1n) is 6.09. The highest BCUT2D eigenvalue weighted by molar-refractivity contribution is 6.01. The lowest BCUT2D eigenvalue weighted by molar-refractivity contribution is -0.158. The van der Waals surface area contributed by atoms with E-state index in [2.05, 4.69) is 5.32 Å². The first-order valence-corrected chi connectivity index (χ1v) is 6.09. The summed E-state index contributed by atoms with van der Waals surface area (Å²) in [5, 5.41) is 2.60. The number of carbonyl (C=O) groups excluding carboxylic acids is 2. The number of esters is 1. The number of hydrogen-bond donors (Lipinski definition) is 2. The van der Waals surface area contributed by atoms with Gasteiger partial charge in [-0.05, 0) is 26.3 Å². The van der Waals surface area contributed by atoms with Crippen molar-refractivity contribution in [3.05, 3.63) is 35.9 Å². The van der Waals surface area contributed by atoms with Gasteiger partial charge in [0, 0.05) is 6.54 Å². The summed E-state index contributed by atoms with van der Waals surface area (Å²) in [6.07, 6.45) is 0. The highest BCUT2D eigenvalue weighted by Gasteiger charge is 2.27. The molecule has 1 amide bonds. The standard InChI is InChI=1S/C14H20N2O3/c1-14(2,3)19-13(18)11(15)12(17)16-9-10-7-5-4-6-8-10/h4-8,11H,9,15H2,1-3H3,(H,16,17). The van der Waals surface area contributed by atoms with Gasteiger partial charge >= 0.3 is 5.97 Å². The lowest BCUT2D eigenvalue weighted by Crippen LogP contribution is -2.48. The Morgan fingerprint density at radius 2 is 1.84 bits per heavy atom. The molecule has 3 N–H and O–H groups in total. The van der Waals surface area contributed by atoms with Gasteiger partial charge in [-0.25, -0.2) is 4.79 Å². The van der Waals surface area contributed by atoms with E-state index in [4.69, 9.17) is 10.5 Å². The first-order chi connectivity index (χ1) is 8.79. The monoisotopic (exact) mass is 264 g/mol. The Hall–Kier alpha value is -1.88.